The lowest BCUT2D eigenvalue weighted by atomic mass is 10.0. The summed E-state index contributed by atoms with van der Waals surface area (Å²) in [4.78, 5) is 12.2. The van der Waals surface area contributed by atoms with Gasteiger partial charge in [0.15, 0.2) is 5.78 Å². The van der Waals surface area contributed by atoms with Crippen LogP contribution in [-0.4, -0.2) is 31.7 Å². The highest BCUT2D eigenvalue weighted by atomic mass is 16.5. The Morgan fingerprint density at radius 3 is 2.30 bits per heavy atom. The maximum absolute atomic E-state index is 12.2. The lowest BCUT2D eigenvalue weighted by Gasteiger charge is -2.13. The number of rotatable bonds is 9. The Morgan fingerprint density at radius 1 is 1.10 bits per heavy atom. The van der Waals surface area contributed by atoms with Crippen LogP contribution in [0.15, 0.2) is 24.3 Å². The predicted molar refractivity (Wildman–Crippen MR) is 81.2 cm³/mol. The molecule has 1 rings (SSSR count). The number of ether oxygens (including phenoxy) is 2. The van der Waals surface area contributed by atoms with E-state index in [-0.39, 0.29) is 5.78 Å². The number of hydrogen-bond donors (Lipinski definition) is 0. The van der Waals surface area contributed by atoms with Crippen LogP contribution in [0.5, 0.6) is 0 Å². The van der Waals surface area contributed by atoms with Gasteiger partial charge in [-0.15, -0.1) is 0 Å². The van der Waals surface area contributed by atoms with E-state index in [1.807, 2.05) is 24.3 Å². The van der Waals surface area contributed by atoms with Gasteiger partial charge in [0.25, 0.3) is 0 Å². The van der Waals surface area contributed by atoms with Crippen LogP contribution in [0.3, 0.4) is 0 Å². The van der Waals surface area contributed by atoms with E-state index in [1.165, 1.54) is 5.56 Å². The summed E-state index contributed by atoms with van der Waals surface area (Å²) in [6.45, 7) is 9.81. The fourth-order valence-corrected chi connectivity index (χ4v) is 1.82. The number of Topliss-reactive ketones (excluding diaryl/α,β-unsaturated/α-hetero) is 1. The van der Waals surface area contributed by atoms with Gasteiger partial charge in [-0.1, -0.05) is 45.0 Å². The molecule has 112 valence electrons. The second-order valence-corrected chi connectivity index (χ2v) is 5.40. The summed E-state index contributed by atoms with van der Waals surface area (Å²) in [6, 6.07) is 7.73. The Bertz CT molecular complexity index is 395. The number of benzene rings is 1. The van der Waals surface area contributed by atoms with Crippen LogP contribution in [-0.2, 0) is 15.9 Å². The quantitative estimate of drug-likeness (QED) is 0.512. The summed E-state index contributed by atoms with van der Waals surface area (Å²) in [5.41, 5.74) is 1.94. The van der Waals surface area contributed by atoms with Crippen molar-refractivity contribution < 1.29 is 14.3 Å². The lowest BCUT2D eigenvalue weighted by molar-refractivity contribution is 0.00970. The average Bonchev–Trinajstić information content (AvgIpc) is 2.45. The average molecular weight is 278 g/mol. The van der Waals surface area contributed by atoms with E-state index in [0.29, 0.717) is 24.7 Å². The molecule has 1 aromatic rings. The summed E-state index contributed by atoms with van der Waals surface area (Å²) >= 11 is 0. The summed E-state index contributed by atoms with van der Waals surface area (Å²) in [5.74, 6) is 0.544. The Morgan fingerprint density at radius 2 is 1.75 bits per heavy atom. The third-order valence-corrected chi connectivity index (χ3v) is 3.06. The van der Waals surface area contributed by atoms with Gasteiger partial charge in [0.05, 0.1) is 13.2 Å². The van der Waals surface area contributed by atoms with Crippen molar-refractivity contribution in [3.8, 4) is 0 Å². The normalized spacial score (nSPS) is 12.7. The molecule has 3 heteroatoms. The van der Waals surface area contributed by atoms with Gasteiger partial charge in [0.1, 0.15) is 6.10 Å². The van der Waals surface area contributed by atoms with Gasteiger partial charge >= 0.3 is 0 Å². The summed E-state index contributed by atoms with van der Waals surface area (Å²) in [7, 11) is 0. The minimum atomic E-state index is -0.426. The molecule has 0 aliphatic heterocycles. The molecule has 0 amide bonds. The van der Waals surface area contributed by atoms with E-state index in [1.54, 1.807) is 6.92 Å². The van der Waals surface area contributed by atoms with Crippen LogP contribution in [0.1, 0.15) is 43.6 Å². The van der Waals surface area contributed by atoms with Gasteiger partial charge < -0.3 is 9.47 Å². The number of aryl methyl sites for hydroxylation is 1. The monoisotopic (exact) mass is 278 g/mol. The molecular weight excluding hydrogens is 252 g/mol. The third-order valence-electron chi connectivity index (χ3n) is 3.06. The highest BCUT2D eigenvalue weighted by Crippen LogP contribution is 2.09. The summed E-state index contributed by atoms with van der Waals surface area (Å²) < 4.78 is 10.9. The van der Waals surface area contributed by atoms with Gasteiger partial charge in [0, 0.05) is 12.2 Å². The molecule has 0 saturated heterocycles. The molecule has 0 spiro atoms. The molecule has 0 saturated carbocycles. The molecule has 0 heterocycles. The Balaban J connectivity index is 2.34. The van der Waals surface area contributed by atoms with E-state index in [2.05, 4.69) is 20.8 Å². The second-order valence-electron chi connectivity index (χ2n) is 5.40. The first kappa shape index (κ1) is 16.9. The molecular formula is C17H26O3. The molecule has 0 fully saturated rings. The van der Waals surface area contributed by atoms with Crippen molar-refractivity contribution in [3.63, 3.8) is 0 Å². The van der Waals surface area contributed by atoms with Crippen molar-refractivity contribution in [1.82, 2.24) is 0 Å². The van der Waals surface area contributed by atoms with Crippen molar-refractivity contribution in [2.24, 2.45) is 5.92 Å². The van der Waals surface area contributed by atoms with Gasteiger partial charge in [-0.3, -0.25) is 4.79 Å². The van der Waals surface area contributed by atoms with Crippen molar-refractivity contribution in [1.29, 1.82) is 0 Å². The van der Waals surface area contributed by atoms with Crippen molar-refractivity contribution in [2.75, 3.05) is 19.8 Å². The first-order chi connectivity index (χ1) is 9.54. The molecule has 0 bridgehead atoms. The smallest absolute Gasteiger partial charge is 0.191 e. The SMILES string of the molecule is CCc1ccc(C(=O)C(C)OCCOCC(C)C)cc1. The number of carbonyl (C=O) groups is 1. The number of hydrogen-bond acceptors (Lipinski definition) is 3. The third kappa shape index (κ3) is 5.85. The van der Waals surface area contributed by atoms with Crippen LogP contribution in [0.4, 0.5) is 0 Å². The zero-order valence-electron chi connectivity index (χ0n) is 13.0. The highest BCUT2D eigenvalue weighted by molar-refractivity contribution is 5.99. The van der Waals surface area contributed by atoms with Crippen LogP contribution >= 0.6 is 0 Å². The lowest BCUT2D eigenvalue weighted by Crippen LogP contribution is -2.23. The molecule has 0 N–H and O–H groups in total. The fourth-order valence-electron chi connectivity index (χ4n) is 1.82. The maximum Gasteiger partial charge on any atom is 0.191 e. The van der Waals surface area contributed by atoms with E-state index in [4.69, 9.17) is 9.47 Å². The Hall–Kier alpha value is -1.19. The standard InChI is InChI=1S/C17H26O3/c1-5-15-6-8-16(9-7-15)17(18)14(4)20-11-10-19-12-13(2)3/h6-9,13-14H,5,10-12H2,1-4H3. The molecule has 0 radical (unpaired) electrons. The van der Waals surface area contributed by atoms with Crippen molar-refractivity contribution >= 4 is 5.78 Å². The van der Waals surface area contributed by atoms with E-state index in [9.17, 15) is 4.79 Å². The second kappa shape index (κ2) is 8.88. The summed E-state index contributed by atoms with van der Waals surface area (Å²) in [5, 5.41) is 0. The zero-order chi connectivity index (χ0) is 15.0. The minimum Gasteiger partial charge on any atom is -0.379 e. The van der Waals surface area contributed by atoms with Gasteiger partial charge in [0.2, 0.25) is 0 Å². The zero-order valence-corrected chi connectivity index (χ0v) is 13.0. The minimum absolute atomic E-state index is 0.0245. The van der Waals surface area contributed by atoms with Gasteiger partial charge in [-0.25, -0.2) is 0 Å². The van der Waals surface area contributed by atoms with E-state index in [0.717, 1.165) is 13.0 Å². The largest absolute Gasteiger partial charge is 0.379 e. The first-order valence-electron chi connectivity index (χ1n) is 7.37. The molecule has 0 aliphatic carbocycles. The predicted octanol–water partition coefficient (Wildman–Crippen LogP) is 3.51. The topological polar surface area (TPSA) is 35.5 Å². The van der Waals surface area contributed by atoms with E-state index >= 15 is 0 Å². The fraction of sp³-hybridized carbons (Fsp3) is 0.588. The van der Waals surface area contributed by atoms with Crippen LogP contribution < -0.4 is 0 Å². The van der Waals surface area contributed by atoms with E-state index < -0.39 is 6.10 Å². The molecule has 3 nitrogen and oxygen atoms in total. The van der Waals surface area contributed by atoms with Crippen molar-refractivity contribution in [3.05, 3.63) is 35.4 Å². The molecule has 1 unspecified atom stereocenters. The molecule has 0 aromatic heterocycles. The molecule has 1 atom stereocenters. The number of ketones is 1. The molecule has 0 aliphatic rings. The Kier molecular flexibility index (Phi) is 7.48. The van der Waals surface area contributed by atoms with Crippen molar-refractivity contribution in [2.45, 2.75) is 40.2 Å². The van der Waals surface area contributed by atoms with Crippen LogP contribution in [0, 0.1) is 5.92 Å². The highest BCUT2D eigenvalue weighted by Gasteiger charge is 2.15. The first-order valence-corrected chi connectivity index (χ1v) is 7.37. The Labute approximate surface area is 122 Å². The van der Waals surface area contributed by atoms with Crippen LogP contribution in [0.2, 0.25) is 0 Å². The van der Waals surface area contributed by atoms with Gasteiger partial charge in [-0.05, 0) is 24.8 Å². The maximum atomic E-state index is 12.2. The molecule has 20 heavy (non-hydrogen) atoms. The van der Waals surface area contributed by atoms with Crippen LogP contribution in [0.25, 0.3) is 0 Å². The molecule has 1 aromatic carbocycles. The summed E-state index contributed by atoms with van der Waals surface area (Å²) in [6.07, 6.45) is 0.554. The number of carbonyl (C=O) groups excluding carboxylic acids is 1. The van der Waals surface area contributed by atoms with Gasteiger partial charge in [-0.2, -0.15) is 0 Å².